The zero-order valence-electron chi connectivity index (χ0n) is 10.7. The van der Waals surface area contributed by atoms with Gasteiger partial charge in [0, 0.05) is 18.1 Å². The highest BCUT2D eigenvalue weighted by molar-refractivity contribution is 7.11. The Kier molecular flexibility index (Phi) is 3.47. The minimum absolute atomic E-state index is 0.824. The summed E-state index contributed by atoms with van der Waals surface area (Å²) in [6.07, 6.45) is 2.97. The Morgan fingerprint density at radius 2 is 2.18 bits per heavy atom. The lowest BCUT2D eigenvalue weighted by molar-refractivity contribution is 0.731. The average molecular weight is 250 g/mol. The lowest BCUT2D eigenvalue weighted by atomic mass is 10.3. The maximum atomic E-state index is 4.39. The molecule has 0 aliphatic rings. The summed E-state index contributed by atoms with van der Waals surface area (Å²) in [6.45, 7) is 7.06. The van der Waals surface area contributed by atoms with Crippen molar-refractivity contribution in [3.05, 3.63) is 27.5 Å². The number of aromatic nitrogens is 3. The molecule has 0 unspecified atom stereocenters. The highest BCUT2D eigenvalue weighted by Crippen LogP contribution is 2.21. The van der Waals surface area contributed by atoms with Crippen molar-refractivity contribution in [1.29, 1.82) is 0 Å². The first kappa shape index (κ1) is 12.1. The van der Waals surface area contributed by atoms with E-state index in [1.165, 1.54) is 15.6 Å². The Bertz CT molecular complexity index is 513. The van der Waals surface area contributed by atoms with E-state index in [-0.39, 0.29) is 0 Å². The van der Waals surface area contributed by atoms with Crippen LogP contribution in [0.5, 0.6) is 0 Å². The van der Waals surface area contributed by atoms with Crippen molar-refractivity contribution in [3.63, 3.8) is 0 Å². The van der Waals surface area contributed by atoms with E-state index in [1.807, 2.05) is 24.9 Å². The summed E-state index contributed by atoms with van der Waals surface area (Å²) in [5.41, 5.74) is 3.35. The third kappa shape index (κ3) is 2.49. The normalized spacial score (nSPS) is 10.8. The molecule has 2 aromatic heterocycles. The van der Waals surface area contributed by atoms with Crippen molar-refractivity contribution in [2.24, 2.45) is 7.05 Å². The lowest BCUT2D eigenvalue weighted by Gasteiger charge is -2.04. The molecule has 92 valence electrons. The Morgan fingerprint density at radius 3 is 2.71 bits per heavy atom. The molecule has 4 nitrogen and oxygen atoms in total. The number of nitrogens with one attached hydrogen (secondary N) is 1. The molecular formula is C12H18N4S. The van der Waals surface area contributed by atoms with E-state index in [0.29, 0.717) is 0 Å². The quantitative estimate of drug-likeness (QED) is 0.907. The number of thiazole rings is 1. The summed E-state index contributed by atoms with van der Waals surface area (Å²) < 4.78 is 1.90. The molecule has 0 spiro atoms. The standard InChI is InChI=1S/C12H18N4S/c1-5-11-13-6-10(17-11)7-14-12-8(2)15-16(4)9(12)3/h6,14H,5,7H2,1-4H3. The maximum absolute atomic E-state index is 4.39. The molecule has 2 aromatic rings. The van der Waals surface area contributed by atoms with Crippen LogP contribution in [0.15, 0.2) is 6.20 Å². The van der Waals surface area contributed by atoms with Gasteiger partial charge in [0.1, 0.15) is 0 Å². The molecule has 0 atom stereocenters. The van der Waals surface area contributed by atoms with Crippen LogP contribution in [0.1, 0.15) is 28.2 Å². The fraction of sp³-hybridized carbons (Fsp3) is 0.500. The molecular weight excluding hydrogens is 232 g/mol. The molecule has 2 rings (SSSR count). The van der Waals surface area contributed by atoms with Gasteiger partial charge in [0.05, 0.1) is 28.6 Å². The number of aryl methyl sites for hydroxylation is 3. The minimum Gasteiger partial charge on any atom is -0.377 e. The van der Waals surface area contributed by atoms with E-state index >= 15 is 0 Å². The largest absolute Gasteiger partial charge is 0.377 e. The van der Waals surface area contributed by atoms with Crippen molar-refractivity contribution in [3.8, 4) is 0 Å². The first-order valence-electron chi connectivity index (χ1n) is 5.79. The molecule has 5 heteroatoms. The van der Waals surface area contributed by atoms with Gasteiger partial charge >= 0.3 is 0 Å². The fourth-order valence-corrected chi connectivity index (χ4v) is 2.60. The van der Waals surface area contributed by atoms with Crippen LogP contribution in [0.3, 0.4) is 0 Å². The molecule has 1 N–H and O–H groups in total. The Labute approximate surface area is 106 Å². The molecule has 0 radical (unpaired) electrons. The van der Waals surface area contributed by atoms with Crippen molar-refractivity contribution < 1.29 is 0 Å². The molecule has 0 aliphatic heterocycles. The maximum Gasteiger partial charge on any atom is 0.0925 e. The highest BCUT2D eigenvalue weighted by Gasteiger charge is 2.09. The molecule has 0 aromatic carbocycles. The highest BCUT2D eigenvalue weighted by atomic mass is 32.1. The number of nitrogens with zero attached hydrogens (tertiary/aromatic N) is 3. The van der Waals surface area contributed by atoms with Gasteiger partial charge in [-0.3, -0.25) is 4.68 Å². The van der Waals surface area contributed by atoms with E-state index in [9.17, 15) is 0 Å². The van der Waals surface area contributed by atoms with Crippen LogP contribution in [0.4, 0.5) is 5.69 Å². The van der Waals surface area contributed by atoms with E-state index in [4.69, 9.17) is 0 Å². The topological polar surface area (TPSA) is 42.7 Å². The molecule has 0 saturated heterocycles. The molecule has 0 saturated carbocycles. The van der Waals surface area contributed by atoms with E-state index in [1.54, 1.807) is 11.3 Å². The smallest absolute Gasteiger partial charge is 0.0925 e. The van der Waals surface area contributed by atoms with E-state index < -0.39 is 0 Å². The van der Waals surface area contributed by atoms with Gasteiger partial charge in [-0.2, -0.15) is 5.10 Å². The van der Waals surface area contributed by atoms with Crippen LogP contribution in [0.25, 0.3) is 0 Å². The first-order valence-corrected chi connectivity index (χ1v) is 6.61. The van der Waals surface area contributed by atoms with Gasteiger partial charge < -0.3 is 5.32 Å². The number of rotatable bonds is 4. The van der Waals surface area contributed by atoms with Gasteiger partial charge in [0.25, 0.3) is 0 Å². The third-order valence-electron chi connectivity index (χ3n) is 2.85. The summed E-state index contributed by atoms with van der Waals surface area (Å²) in [5.74, 6) is 0. The third-order valence-corrected chi connectivity index (χ3v) is 3.99. The second-order valence-electron chi connectivity index (χ2n) is 4.10. The molecule has 0 fully saturated rings. The summed E-state index contributed by atoms with van der Waals surface area (Å²) >= 11 is 1.77. The number of anilines is 1. The van der Waals surface area contributed by atoms with Crippen LogP contribution < -0.4 is 5.32 Å². The zero-order chi connectivity index (χ0) is 12.4. The molecule has 0 aliphatic carbocycles. The minimum atomic E-state index is 0.824. The summed E-state index contributed by atoms with van der Waals surface area (Å²) in [7, 11) is 1.97. The van der Waals surface area contributed by atoms with Crippen LogP contribution >= 0.6 is 11.3 Å². The second kappa shape index (κ2) is 4.87. The number of hydrogen-bond donors (Lipinski definition) is 1. The summed E-state index contributed by atoms with van der Waals surface area (Å²) in [5, 5.41) is 9.02. The molecule has 0 amide bonds. The Morgan fingerprint density at radius 1 is 1.41 bits per heavy atom. The van der Waals surface area contributed by atoms with Gasteiger partial charge in [-0.1, -0.05) is 6.92 Å². The predicted octanol–water partition coefficient (Wildman–Crippen LogP) is 2.67. The van der Waals surface area contributed by atoms with Crippen LogP contribution in [0.2, 0.25) is 0 Å². The summed E-state index contributed by atoms with van der Waals surface area (Å²) in [6, 6.07) is 0. The molecule has 17 heavy (non-hydrogen) atoms. The van der Waals surface area contributed by atoms with Crippen molar-refractivity contribution in [2.45, 2.75) is 33.7 Å². The van der Waals surface area contributed by atoms with Crippen LogP contribution in [-0.4, -0.2) is 14.8 Å². The zero-order valence-corrected chi connectivity index (χ0v) is 11.6. The lowest BCUT2D eigenvalue weighted by Crippen LogP contribution is -2.00. The van der Waals surface area contributed by atoms with E-state index in [0.717, 1.165) is 24.3 Å². The summed E-state index contributed by atoms with van der Waals surface area (Å²) in [4.78, 5) is 5.62. The Balaban J connectivity index is 2.07. The average Bonchev–Trinajstić information content (AvgIpc) is 2.84. The van der Waals surface area contributed by atoms with Gasteiger partial charge in [-0.25, -0.2) is 4.98 Å². The van der Waals surface area contributed by atoms with Crippen LogP contribution in [0, 0.1) is 13.8 Å². The first-order chi connectivity index (χ1) is 8.11. The van der Waals surface area contributed by atoms with Gasteiger partial charge in [-0.15, -0.1) is 11.3 Å². The Hall–Kier alpha value is -1.36. The van der Waals surface area contributed by atoms with Crippen molar-refractivity contribution in [1.82, 2.24) is 14.8 Å². The van der Waals surface area contributed by atoms with Gasteiger partial charge in [0.2, 0.25) is 0 Å². The number of hydrogen-bond acceptors (Lipinski definition) is 4. The van der Waals surface area contributed by atoms with Gasteiger partial charge in [-0.05, 0) is 20.3 Å². The fourth-order valence-electron chi connectivity index (χ4n) is 1.80. The monoisotopic (exact) mass is 250 g/mol. The second-order valence-corrected chi connectivity index (χ2v) is 5.30. The van der Waals surface area contributed by atoms with E-state index in [2.05, 4.69) is 29.2 Å². The van der Waals surface area contributed by atoms with Crippen molar-refractivity contribution >= 4 is 17.0 Å². The van der Waals surface area contributed by atoms with Crippen LogP contribution in [-0.2, 0) is 20.0 Å². The van der Waals surface area contributed by atoms with Crippen molar-refractivity contribution in [2.75, 3.05) is 5.32 Å². The predicted molar refractivity (Wildman–Crippen MR) is 71.5 cm³/mol. The SMILES string of the molecule is CCc1ncc(CNc2c(C)nn(C)c2C)s1. The molecule has 0 bridgehead atoms. The van der Waals surface area contributed by atoms with Gasteiger partial charge in [0.15, 0.2) is 0 Å². The molecule has 2 heterocycles.